The summed E-state index contributed by atoms with van der Waals surface area (Å²) in [4.78, 5) is 11.4. The van der Waals surface area contributed by atoms with Gasteiger partial charge in [-0.2, -0.15) is 0 Å². The molecule has 0 bridgehead atoms. The summed E-state index contributed by atoms with van der Waals surface area (Å²) < 4.78 is 13.3. The van der Waals surface area contributed by atoms with Crippen molar-refractivity contribution in [3.05, 3.63) is 42.3 Å². The van der Waals surface area contributed by atoms with Gasteiger partial charge in [-0.3, -0.25) is 0 Å². The molecule has 0 saturated carbocycles. The van der Waals surface area contributed by atoms with E-state index in [2.05, 4.69) is 15.0 Å². The van der Waals surface area contributed by atoms with Gasteiger partial charge in [-0.25, -0.2) is 14.4 Å². The van der Waals surface area contributed by atoms with Gasteiger partial charge in [0.2, 0.25) is 0 Å². The predicted molar refractivity (Wildman–Crippen MR) is 63.7 cm³/mol. The number of hydrogen-bond acceptors (Lipinski definition) is 3. The Morgan fingerprint density at radius 2 is 2.06 bits per heavy atom. The molecule has 0 amide bonds. The molecule has 3 aromatic rings. The van der Waals surface area contributed by atoms with E-state index in [0.29, 0.717) is 17.0 Å². The lowest BCUT2D eigenvalue weighted by molar-refractivity contribution is 0.633. The SMILES string of the molecule is Nc1c(F)cccc1-c1nc2ncccc2[nH]1. The predicted octanol–water partition coefficient (Wildman–Crippen LogP) is 2.35. The fraction of sp³-hybridized carbons (Fsp3) is 0. The number of nitrogens with zero attached hydrogens (tertiary/aromatic N) is 2. The first-order chi connectivity index (χ1) is 8.25. The van der Waals surface area contributed by atoms with Crippen molar-refractivity contribution in [2.75, 3.05) is 5.73 Å². The van der Waals surface area contributed by atoms with Crippen LogP contribution in [0.1, 0.15) is 0 Å². The second kappa shape index (κ2) is 3.55. The number of imidazole rings is 1. The van der Waals surface area contributed by atoms with Crippen LogP contribution in [0.4, 0.5) is 10.1 Å². The number of aromatic nitrogens is 3. The molecular formula is C12H9FN4. The Kier molecular flexibility index (Phi) is 2.04. The third kappa shape index (κ3) is 1.52. The highest BCUT2D eigenvalue weighted by atomic mass is 19.1. The third-order valence-electron chi connectivity index (χ3n) is 2.57. The van der Waals surface area contributed by atoms with E-state index in [9.17, 15) is 4.39 Å². The molecule has 2 aromatic heterocycles. The molecule has 0 aliphatic carbocycles. The first-order valence-electron chi connectivity index (χ1n) is 5.11. The number of pyridine rings is 1. The quantitative estimate of drug-likeness (QED) is 0.628. The molecule has 0 unspecified atom stereocenters. The molecule has 2 heterocycles. The Bertz CT molecular complexity index is 657. The maximum Gasteiger partial charge on any atom is 0.178 e. The monoisotopic (exact) mass is 228 g/mol. The zero-order chi connectivity index (χ0) is 11.8. The van der Waals surface area contributed by atoms with Gasteiger partial charge in [-0.1, -0.05) is 6.07 Å². The van der Waals surface area contributed by atoms with Gasteiger partial charge < -0.3 is 10.7 Å². The Morgan fingerprint density at radius 3 is 2.88 bits per heavy atom. The number of aromatic amines is 1. The van der Waals surface area contributed by atoms with Crippen LogP contribution >= 0.6 is 0 Å². The van der Waals surface area contributed by atoms with Crippen molar-refractivity contribution < 1.29 is 4.39 Å². The second-order valence-electron chi connectivity index (χ2n) is 3.66. The second-order valence-corrected chi connectivity index (χ2v) is 3.66. The van der Waals surface area contributed by atoms with Gasteiger partial charge in [0, 0.05) is 11.8 Å². The largest absolute Gasteiger partial charge is 0.396 e. The number of nitrogens with one attached hydrogen (secondary N) is 1. The van der Waals surface area contributed by atoms with E-state index >= 15 is 0 Å². The van der Waals surface area contributed by atoms with Crippen LogP contribution < -0.4 is 5.73 Å². The highest BCUT2D eigenvalue weighted by Crippen LogP contribution is 2.26. The molecule has 84 valence electrons. The summed E-state index contributed by atoms with van der Waals surface area (Å²) in [6.07, 6.45) is 1.65. The highest BCUT2D eigenvalue weighted by molar-refractivity contribution is 5.80. The maximum atomic E-state index is 13.3. The number of benzene rings is 1. The maximum absolute atomic E-state index is 13.3. The molecule has 0 fully saturated rings. The van der Waals surface area contributed by atoms with E-state index < -0.39 is 5.82 Å². The van der Waals surface area contributed by atoms with E-state index in [4.69, 9.17) is 5.73 Å². The van der Waals surface area contributed by atoms with E-state index in [0.717, 1.165) is 5.52 Å². The van der Waals surface area contributed by atoms with Crippen LogP contribution in [0.3, 0.4) is 0 Å². The fourth-order valence-corrected chi connectivity index (χ4v) is 1.72. The molecule has 0 saturated heterocycles. The van der Waals surface area contributed by atoms with Crippen LogP contribution in [0.2, 0.25) is 0 Å². The minimum Gasteiger partial charge on any atom is -0.396 e. The molecule has 3 rings (SSSR count). The normalized spacial score (nSPS) is 10.9. The molecule has 3 N–H and O–H groups in total. The number of rotatable bonds is 1. The average Bonchev–Trinajstić information content (AvgIpc) is 2.76. The van der Waals surface area contributed by atoms with Crippen molar-refractivity contribution in [3.63, 3.8) is 0 Å². The zero-order valence-corrected chi connectivity index (χ0v) is 8.81. The van der Waals surface area contributed by atoms with Crippen LogP contribution in [0.25, 0.3) is 22.6 Å². The molecule has 0 atom stereocenters. The van der Waals surface area contributed by atoms with Crippen molar-refractivity contribution in [1.29, 1.82) is 0 Å². The Hall–Kier alpha value is -2.43. The summed E-state index contributed by atoms with van der Waals surface area (Å²) >= 11 is 0. The van der Waals surface area contributed by atoms with Gasteiger partial charge in [-0.15, -0.1) is 0 Å². The summed E-state index contributed by atoms with van der Waals surface area (Å²) in [7, 11) is 0. The summed E-state index contributed by atoms with van der Waals surface area (Å²) in [5.41, 5.74) is 7.70. The van der Waals surface area contributed by atoms with Crippen LogP contribution in [0.15, 0.2) is 36.5 Å². The Labute approximate surface area is 96.3 Å². The van der Waals surface area contributed by atoms with Gasteiger partial charge >= 0.3 is 0 Å². The molecule has 17 heavy (non-hydrogen) atoms. The van der Waals surface area contributed by atoms with E-state index in [-0.39, 0.29) is 5.69 Å². The van der Waals surface area contributed by atoms with Crippen molar-refractivity contribution in [1.82, 2.24) is 15.0 Å². The van der Waals surface area contributed by atoms with E-state index in [1.807, 2.05) is 6.07 Å². The standard InChI is InChI=1S/C12H9FN4/c13-8-4-1-3-7(10(8)14)11-16-9-5-2-6-15-12(9)17-11/h1-6H,14H2,(H,15,16,17). The summed E-state index contributed by atoms with van der Waals surface area (Å²) in [5.74, 6) is 0.0756. The Balaban J connectivity index is 2.24. The van der Waals surface area contributed by atoms with Crippen molar-refractivity contribution in [3.8, 4) is 11.4 Å². The first-order valence-corrected chi connectivity index (χ1v) is 5.11. The van der Waals surface area contributed by atoms with Gasteiger partial charge in [0.25, 0.3) is 0 Å². The average molecular weight is 228 g/mol. The van der Waals surface area contributed by atoms with Crippen LogP contribution in [-0.2, 0) is 0 Å². The molecule has 0 spiro atoms. The number of fused-ring (bicyclic) bond motifs is 1. The molecule has 0 aliphatic rings. The number of nitrogens with two attached hydrogens (primary N) is 1. The zero-order valence-electron chi connectivity index (χ0n) is 8.81. The number of para-hydroxylation sites is 1. The summed E-state index contributed by atoms with van der Waals surface area (Å²) in [6, 6.07) is 8.30. The van der Waals surface area contributed by atoms with Gasteiger partial charge in [0.1, 0.15) is 11.6 Å². The van der Waals surface area contributed by atoms with Crippen molar-refractivity contribution in [2.24, 2.45) is 0 Å². The minimum absolute atomic E-state index is 0.0894. The topological polar surface area (TPSA) is 67.6 Å². The molecule has 0 aliphatic heterocycles. The summed E-state index contributed by atoms with van der Waals surface area (Å²) in [6.45, 7) is 0. The van der Waals surface area contributed by atoms with Gasteiger partial charge in [0.15, 0.2) is 5.65 Å². The fourth-order valence-electron chi connectivity index (χ4n) is 1.72. The lowest BCUT2D eigenvalue weighted by Gasteiger charge is -2.02. The first kappa shape index (κ1) is 9.77. The minimum atomic E-state index is -0.448. The molecule has 0 radical (unpaired) electrons. The van der Waals surface area contributed by atoms with Crippen LogP contribution in [0, 0.1) is 5.82 Å². The van der Waals surface area contributed by atoms with Gasteiger partial charge in [0.05, 0.1) is 11.2 Å². The van der Waals surface area contributed by atoms with Crippen LogP contribution in [0.5, 0.6) is 0 Å². The number of anilines is 1. The molecule has 1 aromatic carbocycles. The van der Waals surface area contributed by atoms with Gasteiger partial charge in [-0.05, 0) is 24.3 Å². The number of nitrogen functional groups attached to an aromatic ring is 1. The lowest BCUT2D eigenvalue weighted by Crippen LogP contribution is -1.94. The lowest BCUT2D eigenvalue weighted by atomic mass is 10.1. The third-order valence-corrected chi connectivity index (χ3v) is 2.57. The summed E-state index contributed by atoms with van der Waals surface area (Å²) in [5, 5.41) is 0. The molecular weight excluding hydrogens is 219 g/mol. The van der Waals surface area contributed by atoms with E-state index in [1.54, 1.807) is 24.4 Å². The molecule has 5 heteroatoms. The molecule has 4 nitrogen and oxygen atoms in total. The van der Waals surface area contributed by atoms with E-state index in [1.165, 1.54) is 6.07 Å². The Morgan fingerprint density at radius 1 is 1.18 bits per heavy atom. The van der Waals surface area contributed by atoms with Crippen molar-refractivity contribution >= 4 is 16.9 Å². The highest BCUT2D eigenvalue weighted by Gasteiger charge is 2.11. The smallest absolute Gasteiger partial charge is 0.178 e. The number of hydrogen-bond donors (Lipinski definition) is 2. The van der Waals surface area contributed by atoms with Crippen LogP contribution in [-0.4, -0.2) is 15.0 Å². The number of halogens is 1. The van der Waals surface area contributed by atoms with Crippen molar-refractivity contribution in [2.45, 2.75) is 0 Å². The number of H-pyrrole nitrogens is 1.